The zero-order chi connectivity index (χ0) is 18.6. The molecule has 3 rings (SSSR count). The van der Waals surface area contributed by atoms with Gasteiger partial charge in [0, 0.05) is 49.0 Å². The third-order valence-corrected chi connectivity index (χ3v) is 4.15. The number of carbonyl (C=O) groups excluding carboxylic acids is 1. The molecule has 1 aliphatic rings. The van der Waals surface area contributed by atoms with Crippen molar-refractivity contribution in [3.05, 3.63) is 30.5 Å². The van der Waals surface area contributed by atoms with Crippen LogP contribution in [0.5, 0.6) is 0 Å². The molecule has 26 heavy (non-hydrogen) atoms. The number of nitrogens with zero attached hydrogens (tertiary/aromatic N) is 2. The van der Waals surface area contributed by atoms with E-state index in [2.05, 4.69) is 19.5 Å². The van der Waals surface area contributed by atoms with E-state index in [1.54, 1.807) is 12.1 Å². The van der Waals surface area contributed by atoms with Crippen molar-refractivity contribution in [1.29, 1.82) is 0 Å². The number of benzene rings is 1. The number of rotatable bonds is 5. The Labute approximate surface area is 148 Å². The summed E-state index contributed by atoms with van der Waals surface area (Å²) < 4.78 is 47.7. The highest BCUT2D eigenvalue weighted by Gasteiger charge is 2.29. The van der Waals surface area contributed by atoms with Crippen LogP contribution in [-0.4, -0.2) is 61.2 Å². The predicted octanol–water partition coefficient (Wildman–Crippen LogP) is 3.08. The number of anilines is 1. The van der Waals surface area contributed by atoms with Gasteiger partial charge in [-0.05, 0) is 24.3 Å². The van der Waals surface area contributed by atoms with E-state index in [1.807, 2.05) is 18.3 Å². The zero-order valence-electron chi connectivity index (χ0n) is 14.1. The number of carbonyl (C=O) groups is 1. The van der Waals surface area contributed by atoms with Crippen molar-refractivity contribution < 1.29 is 27.4 Å². The van der Waals surface area contributed by atoms with Gasteiger partial charge in [-0.15, -0.1) is 0 Å². The summed E-state index contributed by atoms with van der Waals surface area (Å²) in [4.78, 5) is 13.8. The van der Waals surface area contributed by atoms with Crippen molar-refractivity contribution in [2.24, 2.45) is 0 Å². The molecule has 1 aliphatic heterocycles. The summed E-state index contributed by atoms with van der Waals surface area (Å²) in [5.41, 5.74) is 1.38. The summed E-state index contributed by atoms with van der Waals surface area (Å²) in [7, 11) is 0. The molecule has 1 amide bonds. The lowest BCUT2D eigenvalue weighted by atomic mass is 10.2. The Kier molecular flexibility index (Phi) is 5.67. The molecule has 9 heteroatoms. The van der Waals surface area contributed by atoms with Crippen LogP contribution >= 0.6 is 0 Å². The van der Waals surface area contributed by atoms with Crippen LogP contribution in [0.1, 0.15) is 0 Å². The summed E-state index contributed by atoms with van der Waals surface area (Å²) in [6.45, 7) is 3.48. The first-order valence-corrected chi connectivity index (χ1v) is 8.30. The van der Waals surface area contributed by atoms with E-state index in [1.165, 1.54) is 0 Å². The Hall–Kier alpha value is -2.26. The second kappa shape index (κ2) is 7.96. The van der Waals surface area contributed by atoms with Crippen molar-refractivity contribution in [3.63, 3.8) is 0 Å². The van der Waals surface area contributed by atoms with Crippen LogP contribution in [0.25, 0.3) is 10.9 Å². The number of aromatic nitrogens is 1. The maximum Gasteiger partial charge on any atom is 0.422 e. The molecule has 1 N–H and O–H groups in total. The highest BCUT2D eigenvalue weighted by Crippen LogP contribution is 2.21. The molecule has 0 bridgehead atoms. The molecule has 2 heterocycles. The van der Waals surface area contributed by atoms with Crippen LogP contribution in [-0.2, 0) is 16.0 Å². The number of amides is 1. The van der Waals surface area contributed by atoms with Gasteiger partial charge in [0.2, 0.25) is 0 Å². The van der Waals surface area contributed by atoms with Gasteiger partial charge in [0.05, 0.1) is 13.2 Å². The Morgan fingerprint density at radius 3 is 2.69 bits per heavy atom. The average molecular weight is 371 g/mol. The SMILES string of the molecule is O=C(Nc1ccc2c(ccn2CCN2CCOCC2)c1)OCC(F)(F)F. The van der Waals surface area contributed by atoms with Crippen molar-refractivity contribution in [2.75, 3.05) is 44.8 Å². The lowest BCUT2D eigenvalue weighted by Crippen LogP contribution is -2.38. The molecule has 1 aromatic heterocycles. The smallest absolute Gasteiger partial charge is 0.422 e. The first-order chi connectivity index (χ1) is 12.4. The van der Waals surface area contributed by atoms with Gasteiger partial charge in [0.15, 0.2) is 6.61 Å². The average Bonchev–Trinajstić information content (AvgIpc) is 3.01. The van der Waals surface area contributed by atoms with Crippen molar-refractivity contribution in [2.45, 2.75) is 12.7 Å². The lowest BCUT2D eigenvalue weighted by molar-refractivity contribution is -0.159. The number of morpholine rings is 1. The third kappa shape index (κ3) is 5.12. The zero-order valence-corrected chi connectivity index (χ0v) is 14.1. The summed E-state index contributed by atoms with van der Waals surface area (Å²) in [6, 6.07) is 7.08. The number of nitrogens with one attached hydrogen (secondary N) is 1. The van der Waals surface area contributed by atoms with E-state index in [0.717, 1.165) is 50.3 Å². The van der Waals surface area contributed by atoms with Gasteiger partial charge in [-0.2, -0.15) is 13.2 Å². The van der Waals surface area contributed by atoms with Crippen LogP contribution < -0.4 is 5.32 Å². The van der Waals surface area contributed by atoms with E-state index in [0.29, 0.717) is 5.69 Å². The number of halogens is 3. The largest absolute Gasteiger partial charge is 0.440 e. The standard InChI is InChI=1S/C17H20F3N3O3/c18-17(19,20)12-26-16(24)21-14-1-2-15-13(11-14)3-4-23(15)6-5-22-7-9-25-10-8-22/h1-4,11H,5-10,12H2,(H,21,24). The second-order valence-corrected chi connectivity index (χ2v) is 6.05. The van der Waals surface area contributed by atoms with Gasteiger partial charge < -0.3 is 14.0 Å². The van der Waals surface area contributed by atoms with Gasteiger partial charge >= 0.3 is 12.3 Å². The fourth-order valence-electron chi connectivity index (χ4n) is 2.85. The lowest BCUT2D eigenvalue weighted by Gasteiger charge is -2.26. The van der Waals surface area contributed by atoms with Gasteiger partial charge in [0.25, 0.3) is 0 Å². The number of ether oxygens (including phenoxy) is 2. The predicted molar refractivity (Wildman–Crippen MR) is 90.2 cm³/mol. The first-order valence-electron chi connectivity index (χ1n) is 8.30. The molecular formula is C17H20F3N3O3. The molecule has 0 unspecified atom stereocenters. The number of alkyl halides is 3. The molecule has 1 fully saturated rings. The van der Waals surface area contributed by atoms with E-state index >= 15 is 0 Å². The minimum Gasteiger partial charge on any atom is -0.440 e. The monoisotopic (exact) mass is 371 g/mol. The number of hydrogen-bond donors (Lipinski definition) is 1. The first kappa shape index (κ1) is 18.5. The quantitative estimate of drug-likeness (QED) is 0.878. The van der Waals surface area contributed by atoms with E-state index < -0.39 is 18.9 Å². The molecule has 0 saturated carbocycles. The van der Waals surface area contributed by atoms with Crippen LogP contribution in [0.3, 0.4) is 0 Å². The highest BCUT2D eigenvalue weighted by atomic mass is 19.4. The molecule has 0 atom stereocenters. The van der Waals surface area contributed by atoms with Gasteiger partial charge in [0.1, 0.15) is 0 Å². The van der Waals surface area contributed by atoms with Crippen molar-refractivity contribution >= 4 is 22.7 Å². The highest BCUT2D eigenvalue weighted by molar-refractivity contribution is 5.90. The molecule has 6 nitrogen and oxygen atoms in total. The van der Waals surface area contributed by atoms with Gasteiger partial charge in [-0.25, -0.2) is 4.79 Å². The summed E-state index contributed by atoms with van der Waals surface area (Å²) in [5.74, 6) is 0. The van der Waals surface area contributed by atoms with Gasteiger partial charge in [-0.1, -0.05) is 0 Å². The minimum absolute atomic E-state index is 0.385. The van der Waals surface area contributed by atoms with Crippen LogP contribution in [0, 0.1) is 0 Å². The normalized spacial score (nSPS) is 16.0. The molecule has 142 valence electrons. The Balaban J connectivity index is 1.58. The number of hydrogen-bond acceptors (Lipinski definition) is 4. The molecule has 0 spiro atoms. The Bertz CT molecular complexity index is 755. The topological polar surface area (TPSA) is 55.7 Å². The van der Waals surface area contributed by atoms with E-state index in [9.17, 15) is 18.0 Å². The minimum atomic E-state index is -4.54. The van der Waals surface area contributed by atoms with E-state index in [4.69, 9.17) is 4.74 Å². The van der Waals surface area contributed by atoms with Crippen LogP contribution in [0.15, 0.2) is 30.5 Å². The molecule has 1 aromatic carbocycles. The summed E-state index contributed by atoms with van der Waals surface area (Å²) >= 11 is 0. The van der Waals surface area contributed by atoms with Crippen LogP contribution in [0.2, 0.25) is 0 Å². The summed E-state index contributed by atoms with van der Waals surface area (Å²) in [6.07, 6.45) is -3.72. The second-order valence-electron chi connectivity index (χ2n) is 6.05. The van der Waals surface area contributed by atoms with Crippen LogP contribution in [0.4, 0.5) is 23.7 Å². The maximum absolute atomic E-state index is 12.1. The fourth-order valence-corrected chi connectivity index (χ4v) is 2.85. The molecule has 0 radical (unpaired) electrons. The summed E-state index contributed by atoms with van der Waals surface area (Å²) in [5, 5.41) is 3.20. The van der Waals surface area contributed by atoms with Crippen molar-refractivity contribution in [3.8, 4) is 0 Å². The maximum atomic E-state index is 12.1. The Morgan fingerprint density at radius 2 is 1.96 bits per heavy atom. The third-order valence-electron chi connectivity index (χ3n) is 4.15. The number of fused-ring (bicyclic) bond motifs is 1. The fraction of sp³-hybridized carbons (Fsp3) is 0.471. The van der Waals surface area contributed by atoms with Gasteiger partial charge in [-0.3, -0.25) is 10.2 Å². The molecule has 0 aliphatic carbocycles. The molecule has 2 aromatic rings. The molecular weight excluding hydrogens is 351 g/mol. The molecule has 1 saturated heterocycles. The Morgan fingerprint density at radius 1 is 1.19 bits per heavy atom. The van der Waals surface area contributed by atoms with Crippen molar-refractivity contribution in [1.82, 2.24) is 9.47 Å². The van der Waals surface area contributed by atoms with E-state index in [-0.39, 0.29) is 0 Å².